The van der Waals surface area contributed by atoms with Gasteiger partial charge in [0.25, 0.3) is 0 Å². The molecule has 1 saturated heterocycles. The summed E-state index contributed by atoms with van der Waals surface area (Å²) < 4.78 is 11.3. The van der Waals surface area contributed by atoms with E-state index in [1.807, 2.05) is 37.3 Å². The second-order valence-electron chi connectivity index (χ2n) is 8.81. The molecule has 3 N–H and O–H groups in total. The smallest absolute Gasteiger partial charge is 0.244 e. The van der Waals surface area contributed by atoms with Crippen molar-refractivity contribution in [2.24, 2.45) is 5.73 Å². The van der Waals surface area contributed by atoms with Crippen LogP contribution in [-0.4, -0.2) is 54.0 Å². The van der Waals surface area contributed by atoms with Gasteiger partial charge in [-0.15, -0.1) is 0 Å². The third kappa shape index (κ3) is 4.47. The minimum absolute atomic E-state index is 0.0309. The molecule has 8 nitrogen and oxygen atoms in total. The van der Waals surface area contributed by atoms with Crippen LogP contribution in [0.3, 0.4) is 0 Å². The summed E-state index contributed by atoms with van der Waals surface area (Å²) in [6.07, 6.45) is 5.23. The van der Waals surface area contributed by atoms with Crippen molar-refractivity contribution >= 4 is 34.7 Å². The Balaban J connectivity index is 1.40. The number of fused-ring (bicyclic) bond motifs is 2. The number of aryl methyl sites for hydroxylation is 2. The molecule has 2 aliphatic rings. The second-order valence-corrected chi connectivity index (χ2v) is 8.81. The van der Waals surface area contributed by atoms with Crippen LogP contribution in [0.4, 0.5) is 5.82 Å². The van der Waals surface area contributed by atoms with Crippen LogP contribution in [0.2, 0.25) is 0 Å². The summed E-state index contributed by atoms with van der Waals surface area (Å²) in [5.41, 5.74) is 9.68. The lowest BCUT2D eigenvalue weighted by molar-refractivity contribution is -0.123. The lowest BCUT2D eigenvalue weighted by Crippen LogP contribution is -2.48. The molecule has 1 atom stereocenters. The van der Waals surface area contributed by atoms with Crippen LogP contribution in [0.25, 0.3) is 17.0 Å². The highest BCUT2D eigenvalue weighted by Crippen LogP contribution is 2.29. The van der Waals surface area contributed by atoms with E-state index < -0.39 is 5.91 Å². The van der Waals surface area contributed by atoms with Crippen molar-refractivity contribution in [3.63, 3.8) is 0 Å². The van der Waals surface area contributed by atoms with E-state index in [9.17, 15) is 9.59 Å². The van der Waals surface area contributed by atoms with Gasteiger partial charge in [-0.05, 0) is 49.1 Å². The Labute approximate surface area is 197 Å². The van der Waals surface area contributed by atoms with Crippen molar-refractivity contribution in [1.29, 1.82) is 0 Å². The van der Waals surface area contributed by atoms with Crippen LogP contribution < -0.4 is 11.1 Å². The zero-order valence-electron chi connectivity index (χ0n) is 19.2. The molecule has 0 radical (unpaired) electrons. The van der Waals surface area contributed by atoms with Gasteiger partial charge in [0.2, 0.25) is 11.8 Å². The molecule has 2 aromatic heterocycles. The van der Waals surface area contributed by atoms with Gasteiger partial charge in [-0.2, -0.15) is 0 Å². The second kappa shape index (κ2) is 9.40. The first-order chi connectivity index (χ1) is 16.5. The summed E-state index contributed by atoms with van der Waals surface area (Å²) in [5, 5.41) is 3.96. The standard InChI is InChI=1S/C26H28N4O4/c1-16-21(20-4-2-3-5-23(20)34-16)14-19(24(27)31)13-17-12-18-6-7-22(30-8-10-33-11-9-30)26(32)29-25(18)28-15-17/h2-5,12-13,15,22H,6-11,14H2,1H3,(H2,27,31)(H,28,29,32). The number of rotatable bonds is 5. The van der Waals surface area contributed by atoms with Crippen molar-refractivity contribution < 1.29 is 18.7 Å². The van der Waals surface area contributed by atoms with Gasteiger partial charge in [0, 0.05) is 42.2 Å². The number of para-hydroxylation sites is 1. The molecule has 0 bridgehead atoms. The molecular weight excluding hydrogens is 432 g/mol. The van der Waals surface area contributed by atoms with Gasteiger partial charge in [-0.25, -0.2) is 4.98 Å². The number of nitrogens with two attached hydrogens (primary N) is 1. The van der Waals surface area contributed by atoms with Crippen LogP contribution in [0.1, 0.15) is 28.9 Å². The number of aromatic nitrogens is 1. The average Bonchev–Trinajstić information content (AvgIpc) is 3.05. The van der Waals surface area contributed by atoms with Gasteiger partial charge in [-0.3, -0.25) is 14.5 Å². The van der Waals surface area contributed by atoms with Crippen molar-refractivity contribution in [2.75, 3.05) is 31.6 Å². The number of nitrogens with one attached hydrogen (secondary N) is 1. The topological polar surface area (TPSA) is 111 Å². The maximum absolute atomic E-state index is 12.8. The number of carbonyl (C=O) groups is 2. The number of benzene rings is 1. The lowest BCUT2D eigenvalue weighted by Gasteiger charge is -2.32. The Bertz CT molecular complexity index is 1270. The Kier molecular flexibility index (Phi) is 6.17. The van der Waals surface area contributed by atoms with Crippen LogP contribution in [-0.2, 0) is 27.2 Å². The zero-order valence-corrected chi connectivity index (χ0v) is 19.2. The number of nitrogens with zero attached hydrogens (tertiary/aromatic N) is 2. The number of primary amides is 1. The minimum Gasteiger partial charge on any atom is -0.461 e. The van der Waals surface area contributed by atoms with E-state index >= 15 is 0 Å². The monoisotopic (exact) mass is 460 g/mol. The molecule has 2 aliphatic heterocycles. The summed E-state index contributed by atoms with van der Waals surface area (Å²) >= 11 is 0. The first kappa shape index (κ1) is 22.3. The van der Waals surface area contributed by atoms with Gasteiger partial charge < -0.3 is 20.2 Å². The van der Waals surface area contributed by atoms with Crippen molar-refractivity contribution in [3.8, 4) is 0 Å². The predicted molar refractivity (Wildman–Crippen MR) is 129 cm³/mol. The third-order valence-corrected chi connectivity index (χ3v) is 6.63. The van der Waals surface area contributed by atoms with Crippen molar-refractivity contribution in [3.05, 3.63) is 64.6 Å². The van der Waals surface area contributed by atoms with Gasteiger partial charge in [0.15, 0.2) is 0 Å². The van der Waals surface area contributed by atoms with Gasteiger partial charge in [-0.1, -0.05) is 18.2 Å². The number of ether oxygens (including phenoxy) is 1. The lowest BCUT2D eigenvalue weighted by atomic mass is 9.99. The molecule has 34 heavy (non-hydrogen) atoms. The van der Waals surface area contributed by atoms with E-state index in [1.165, 1.54) is 0 Å². The number of anilines is 1. The summed E-state index contributed by atoms with van der Waals surface area (Å²) in [6, 6.07) is 9.54. The maximum atomic E-state index is 12.8. The molecule has 3 aromatic rings. The SMILES string of the molecule is Cc1oc2ccccc2c1CC(=Cc1cnc2c(c1)CCC(N1CCOCC1)C(=O)N2)C(N)=O. The van der Waals surface area contributed by atoms with E-state index in [4.69, 9.17) is 14.9 Å². The minimum atomic E-state index is -0.486. The van der Waals surface area contributed by atoms with E-state index in [0.29, 0.717) is 43.9 Å². The number of furan rings is 1. The van der Waals surface area contributed by atoms with E-state index in [-0.39, 0.29) is 11.9 Å². The fraction of sp³-hybridized carbons (Fsp3) is 0.346. The van der Waals surface area contributed by atoms with Crippen LogP contribution in [0.5, 0.6) is 0 Å². The first-order valence-corrected chi connectivity index (χ1v) is 11.6. The summed E-state index contributed by atoms with van der Waals surface area (Å²) in [7, 11) is 0. The third-order valence-electron chi connectivity index (χ3n) is 6.63. The molecule has 0 aliphatic carbocycles. The normalized spacial score (nSPS) is 19.5. The van der Waals surface area contributed by atoms with Crippen molar-refractivity contribution in [2.45, 2.75) is 32.2 Å². The Hall–Kier alpha value is -3.49. The first-order valence-electron chi connectivity index (χ1n) is 11.6. The molecule has 1 unspecified atom stereocenters. The molecule has 0 spiro atoms. The van der Waals surface area contributed by atoms with E-state index in [1.54, 1.807) is 12.3 Å². The predicted octanol–water partition coefficient (Wildman–Crippen LogP) is 2.83. The number of pyridine rings is 1. The Morgan fingerprint density at radius 1 is 1.29 bits per heavy atom. The summed E-state index contributed by atoms with van der Waals surface area (Å²) in [6.45, 7) is 4.68. The fourth-order valence-electron chi connectivity index (χ4n) is 4.81. The van der Waals surface area contributed by atoms with E-state index in [2.05, 4.69) is 15.2 Å². The number of hydrogen-bond donors (Lipinski definition) is 2. The molecule has 176 valence electrons. The maximum Gasteiger partial charge on any atom is 0.244 e. The molecule has 1 aromatic carbocycles. The number of amides is 2. The summed E-state index contributed by atoms with van der Waals surface area (Å²) in [4.78, 5) is 31.8. The number of carbonyl (C=O) groups excluding carboxylic acids is 2. The van der Waals surface area contributed by atoms with Gasteiger partial charge in [0.1, 0.15) is 17.2 Å². The highest BCUT2D eigenvalue weighted by molar-refractivity contribution is 5.98. The highest BCUT2D eigenvalue weighted by atomic mass is 16.5. The fourth-order valence-corrected chi connectivity index (χ4v) is 4.81. The van der Waals surface area contributed by atoms with Gasteiger partial charge in [0.05, 0.1) is 19.3 Å². The number of morpholine rings is 1. The van der Waals surface area contributed by atoms with E-state index in [0.717, 1.165) is 46.5 Å². The van der Waals surface area contributed by atoms with Crippen LogP contribution in [0, 0.1) is 6.92 Å². The molecule has 1 fully saturated rings. The van der Waals surface area contributed by atoms with Crippen molar-refractivity contribution in [1.82, 2.24) is 9.88 Å². The average molecular weight is 461 g/mol. The largest absolute Gasteiger partial charge is 0.461 e. The zero-order chi connectivity index (χ0) is 23.7. The molecule has 4 heterocycles. The Morgan fingerprint density at radius 3 is 2.88 bits per heavy atom. The number of hydrogen-bond acceptors (Lipinski definition) is 6. The van der Waals surface area contributed by atoms with Crippen LogP contribution >= 0.6 is 0 Å². The molecule has 5 rings (SSSR count). The molecular formula is C26H28N4O4. The quantitative estimate of drug-likeness (QED) is 0.567. The van der Waals surface area contributed by atoms with Crippen LogP contribution in [0.15, 0.2) is 46.5 Å². The Morgan fingerprint density at radius 2 is 2.09 bits per heavy atom. The molecule has 8 heteroatoms. The molecule has 2 amide bonds. The molecule has 0 saturated carbocycles. The van der Waals surface area contributed by atoms with Gasteiger partial charge >= 0.3 is 0 Å². The highest BCUT2D eigenvalue weighted by Gasteiger charge is 2.30. The summed E-state index contributed by atoms with van der Waals surface area (Å²) in [5.74, 6) is 0.831.